The van der Waals surface area contributed by atoms with E-state index in [1.165, 1.54) is 25.7 Å². The van der Waals surface area contributed by atoms with E-state index in [9.17, 15) is 4.79 Å². The standard InChI is InChI=1S/C21H24ClN3OS/c22-16-9-7-15(8-10-16)19-13-25-18(14-27-21(25)24-19)11-12-20(26)23-17-5-3-1-2-4-6-17/h7-10,13-14,17H,1-6,11-12H2,(H,23,26). The molecule has 0 spiro atoms. The summed E-state index contributed by atoms with van der Waals surface area (Å²) < 4.78 is 2.10. The summed E-state index contributed by atoms with van der Waals surface area (Å²) in [7, 11) is 0. The van der Waals surface area contributed by atoms with Gasteiger partial charge in [0.1, 0.15) is 0 Å². The van der Waals surface area contributed by atoms with Gasteiger partial charge in [-0.1, -0.05) is 49.4 Å². The molecule has 27 heavy (non-hydrogen) atoms. The monoisotopic (exact) mass is 401 g/mol. The molecule has 1 aliphatic rings. The highest BCUT2D eigenvalue weighted by molar-refractivity contribution is 7.15. The molecule has 1 fully saturated rings. The van der Waals surface area contributed by atoms with Crippen molar-refractivity contribution < 1.29 is 4.79 Å². The van der Waals surface area contributed by atoms with Crippen LogP contribution in [0.2, 0.25) is 5.02 Å². The van der Waals surface area contributed by atoms with Crippen LogP contribution in [-0.2, 0) is 11.2 Å². The SMILES string of the molecule is O=C(CCc1csc2nc(-c3ccc(Cl)cc3)cn12)NC1CCCCCC1. The minimum absolute atomic E-state index is 0.166. The summed E-state index contributed by atoms with van der Waals surface area (Å²) in [5, 5.41) is 6.06. The van der Waals surface area contributed by atoms with Gasteiger partial charge in [0.15, 0.2) is 4.96 Å². The number of nitrogens with one attached hydrogen (secondary N) is 1. The van der Waals surface area contributed by atoms with Gasteiger partial charge in [-0.2, -0.15) is 0 Å². The van der Waals surface area contributed by atoms with E-state index in [1.54, 1.807) is 11.3 Å². The number of thiazole rings is 1. The maximum absolute atomic E-state index is 12.4. The van der Waals surface area contributed by atoms with Crippen LogP contribution in [0.1, 0.15) is 50.6 Å². The van der Waals surface area contributed by atoms with Gasteiger partial charge in [0.25, 0.3) is 0 Å². The third kappa shape index (κ3) is 4.53. The molecule has 142 valence electrons. The molecule has 2 heterocycles. The number of hydrogen-bond donors (Lipinski definition) is 1. The van der Waals surface area contributed by atoms with Crippen molar-refractivity contribution in [2.24, 2.45) is 0 Å². The van der Waals surface area contributed by atoms with Crippen LogP contribution in [0, 0.1) is 0 Å². The number of carbonyl (C=O) groups excluding carboxylic acids is 1. The summed E-state index contributed by atoms with van der Waals surface area (Å²) in [5.41, 5.74) is 3.12. The average Bonchev–Trinajstić information content (AvgIpc) is 3.14. The van der Waals surface area contributed by atoms with Crippen molar-refractivity contribution in [2.75, 3.05) is 0 Å². The normalized spacial score (nSPS) is 15.7. The second-order valence-corrected chi connectivity index (χ2v) is 8.54. The van der Waals surface area contributed by atoms with Crippen LogP contribution in [0.4, 0.5) is 0 Å². The minimum Gasteiger partial charge on any atom is -0.353 e. The van der Waals surface area contributed by atoms with E-state index in [-0.39, 0.29) is 5.91 Å². The zero-order chi connectivity index (χ0) is 18.6. The first kappa shape index (κ1) is 18.5. The molecule has 0 unspecified atom stereocenters. The Morgan fingerprint density at radius 2 is 1.93 bits per heavy atom. The molecule has 1 saturated carbocycles. The summed E-state index contributed by atoms with van der Waals surface area (Å²) in [4.78, 5) is 18.0. The van der Waals surface area contributed by atoms with E-state index >= 15 is 0 Å². The van der Waals surface area contributed by atoms with E-state index < -0.39 is 0 Å². The minimum atomic E-state index is 0.166. The van der Waals surface area contributed by atoms with Crippen molar-refractivity contribution in [1.29, 1.82) is 0 Å². The number of nitrogens with zero attached hydrogens (tertiary/aromatic N) is 2. The fraction of sp³-hybridized carbons (Fsp3) is 0.429. The van der Waals surface area contributed by atoms with Crippen LogP contribution >= 0.6 is 22.9 Å². The van der Waals surface area contributed by atoms with Gasteiger partial charge in [0, 0.05) is 40.3 Å². The van der Waals surface area contributed by atoms with E-state index in [1.807, 2.05) is 30.5 Å². The number of hydrogen-bond acceptors (Lipinski definition) is 3. The smallest absolute Gasteiger partial charge is 0.220 e. The molecule has 4 nitrogen and oxygen atoms in total. The molecule has 0 saturated heterocycles. The maximum atomic E-state index is 12.4. The zero-order valence-electron chi connectivity index (χ0n) is 15.3. The van der Waals surface area contributed by atoms with E-state index in [0.29, 0.717) is 12.5 Å². The molecule has 4 rings (SSSR count). The lowest BCUT2D eigenvalue weighted by Crippen LogP contribution is -2.34. The summed E-state index contributed by atoms with van der Waals surface area (Å²) >= 11 is 7.59. The van der Waals surface area contributed by atoms with Crippen LogP contribution in [0.25, 0.3) is 16.2 Å². The first-order valence-electron chi connectivity index (χ1n) is 9.70. The van der Waals surface area contributed by atoms with Gasteiger partial charge in [-0.3, -0.25) is 9.20 Å². The van der Waals surface area contributed by atoms with Gasteiger partial charge >= 0.3 is 0 Å². The van der Waals surface area contributed by atoms with Crippen LogP contribution in [0.3, 0.4) is 0 Å². The predicted molar refractivity (Wildman–Crippen MR) is 111 cm³/mol. The van der Waals surface area contributed by atoms with E-state index in [0.717, 1.165) is 46.2 Å². The van der Waals surface area contributed by atoms with Gasteiger partial charge in [-0.05, 0) is 31.4 Å². The summed E-state index contributed by atoms with van der Waals surface area (Å²) in [6, 6.07) is 8.09. The molecule has 0 radical (unpaired) electrons. The summed E-state index contributed by atoms with van der Waals surface area (Å²) in [6.45, 7) is 0. The van der Waals surface area contributed by atoms with Gasteiger partial charge in [-0.15, -0.1) is 11.3 Å². The molecular weight excluding hydrogens is 378 g/mol. The molecule has 0 aliphatic heterocycles. The Labute approximate surface area is 168 Å². The number of rotatable bonds is 5. The third-order valence-corrected chi connectivity index (χ3v) is 6.39. The lowest BCUT2D eigenvalue weighted by atomic mass is 10.1. The Bertz CT molecular complexity index is 907. The number of amides is 1. The molecule has 6 heteroatoms. The Hall–Kier alpha value is -1.85. The number of fused-ring (bicyclic) bond motifs is 1. The van der Waals surface area contributed by atoms with E-state index in [2.05, 4.69) is 15.1 Å². The molecule has 2 aromatic heterocycles. The van der Waals surface area contributed by atoms with Crippen LogP contribution in [0.15, 0.2) is 35.8 Å². The third-order valence-electron chi connectivity index (χ3n) is 5.25. The number of benzene rings is 1. The van der Waals surface area contributed by atoms with Crippen molar-refractivity contribution in [3.05, 3.63) is 46.6 Å². The predicted octanol–water partition coefficient (Wildman–Crippen LogP) is 5.49. The van der Waals surface area contributed by atoms with E-state index in [4.69, 9.17) is 16.6 Å². The summed E-state index contributed by atoms with van der Waals surface area (Å²) in [5.74, 6) is 0.166. The van der Waals surface area contributed by atoms with Gasteiger partial charge < -0.3 is 5.32 Å². The largest absolute Gasteiger partial charge is 0.353 e. The van der Waals surface area contributed by atoms with Crippen molar-refractivity contribution in [1.82, 2.24) is 14.7 Å². The Morgan fingerprint density at radius 3 is 2.67 bits per heavy atom. The van der Waals surface area contributed by atoms with Gasteiger partial charge in [0.05, 0.1) is 5.69 Å². The molecule has 3 aromatic rings. The first-order chi connectivity index (χ1) is 13.2. The second kappa shape index (κ2) is 8.44. The van der Waals surface area contributed by atoms with Crippen LogP contribution in [-0.4, -0.2) is 21.3 Å². The second-order valence-electron chi connectivity index (χ2n) is 7.27. The molecule has 0 bridgehead atoms. The number of imidazole rings is 1. The number of aromatic nitrogens is 2. The fourth-order valence-corrected chi connectivity index (χ4v) is 4.77. The zero-order valence-corrected chi connectivity index (χ0v) is 16.9. The highest BCUT2D eigenvalue weighted by atomic mass is 35.5. The van der Waals surface area contributed by atoms with Crippen molar-refractivity contribution in [3.63, 3.8) is 0 Å². The molecule has 1 amide bonds. The average molecular weight is 402 g/mol. The van der Waals surface area contributed by atoms with Gasteiger partial charge in [0.2, 0.25) is 5.91 Å². The maximum Gasteiger partial charge on any atom is 0.220 e. The Morgan fingerprint density at radius 1 is 1.19 bits per heavy atom. The first-order valence-corrected chi connectivity index (χ1v) is 11.0. The summed E-state index contributed by atoms with van der Waals surface area (Å²) in [6.07, 6.45) is 10.6. The number of halogens is 1. The molecular formula is C21H24ClN3OS. The molecule has 1 aliphatic carbocycles. The highest BCUT2D eigenvalue weighted by Gasteiger charge is 2.16. The Balaban J connectivity index is 1.40. The lowest BCUT2D eigenvalue weighted by Gasteiger charge is -2.16. The lowest BCUT2D eigenvalue weighted by molar-refractivity contribution is -0.121. The topological polar surface area (TPSA) is 46.4 Å². The number of aryl methyl sites for hydroxylation is 1. The van der Waals surface area contributed by atoms with Crippen LogP contribution < -0.4 is 5.32 Å². The van der Waals surface area contributed by atoms with Crippen molar-refractivity contribution in [3.8, 4) is 11.3 Å². The van der Waals surface area contributed by atoms with Crippen molar-refractivity contribution >= 4 is 33.8 Å². The number of carbonyl (C=O) groups is 1. The molecule has 1 N–H and O–H groups in total. The molecule has 0 atom stereocenters. The van der Waals surface area contributed by atoms with Crippen LogP contribution in [0.5, 0.6) is 0 Å². The fourth-order valence-electron chi connectivity index (χ4n) is 3.73. The van der Waals surface area contributed by atoms with Crippen molar-refractivity contribution in [2.45, 2.75) is 57.4 Å². The highest BCUT2D eigenvalue weighted by Crippen LogP contribution is 2.25. The Kier molecular flexibility index (Phi) is 5.79. The van der Waals surface area contributed by atoms with Gasteiger partial charge in [-0.25, -0.2) is 4.98 Å². The molecule has 1 aromatic carbocycles. The quantitative estimate of drug-likeness (QED) is 0.574.